The Morgan fingerprint density at radius 1 is 1.12 bits per heavy atom. The van der Waals surface area contributed by atoms with Crippen LogP contribution in [0.4, 0.5) is 5.69 Å². The number of carbonyl (C=O) groups is 1. The minimum atomic E-state index is -0.512. The van der Waals surface area contributed by atoms with Crippen molar-refractivity contribution >= 4 is 34.1 Å². The first-order valence-electron chi connectivity index (χ1n) is 10.4. The molecule has 8 heteroatoms. The second kappa shape index (κ2) is 9.13. The van der Waals surface area contributed by atoms with E-state index in [1.54, 1.807) is 28.8 Å². The predicted molar refractivity (Wildman–Crippen MR) is 128 cm³/mol. The lowest BCUT2D eigenvalue weighted by atomic mass is 9.99. The summed E-state index contributed by atoms with van der Waals surface area (Å²) in [5.41, 5.74) is 4.87. The molecule has 0 aliphatic carbocycles. The molecule has 0 saturated heterocycles. The lowest BCUT2D eigenvalue weighted by Crippen LogP contribution is -2.07. The predicted octanol–water partition coefficient (Wildman–Crippen LogP) is 5.30. The zero-order chi connectivity index (χ0) is 23.7. The van der Waals surface area contributed by atoms with Crippen LogP contribution in [0.2, 0.25) is 5.02 Å². The Balaban J connectivity index is 1.80. The van der Waals surface area contributed by atoms with Gasteiger partial charge in [0.1, 0.15) is 11.4 Å². The second-order valence-corrected chi connectivity index (χ2v) is 8.33. The van der Waals surface area contributed by atoms with Gasteiger partial charge in [0.2, 0.25) is 0 Å². The van der Waals surface area contributed by atoms with Crippen LogP contribution in [0.3, 0.4) is 0 Å². The minimum absolute atomic E-state index is 0.0535. The molecule has 0 fully saturated rings. The van der Waals surface area contributed by atoms with E-state index >= 15 is 0 Å². The number of rotatable bonds is 7. The molecular formula is C25H22ClN3O4. The van der Waals surface area contributed by atoms with E-state index in [1.165, 1.54) is 17.7 Å². The number of fused-ring (bicyclic) bond motifs is 1. The third-order valence-corrected chi connectivity index (χ3v) is 6.06. The van der Waals surface area contributed by atoms with Crippen LogP contribution < -0.4 is 0 Å². The van der Waals surface area contributed by atoms with E-state index in [9.17, 15) is 20.0 Å². The van der Waals surface area contributed by atoms with Gasteiger partial charge in [-0.2, -0.15) is 0 Å². The lowest BCUT2D eigenvalue weighted by Gasteiger charge is -2.10. The van der Waals surface area contributed by atoms with Crippen molar-refractivity contribution in [3.05, 3.63) is 92.0 Å². The summed E-state index contributed by atoms with van der Waals surface area (Å²) in [7, 11) is 0. The molecule has 0 amide bonds. The van der Waals surface area contributed by atoms with Gasteiger partial charge in [0, 0.05) is 24.6 Å². The number of Topliss-reactive ketones (excluding diaryl/α,β-unsaturated/α-hetero) is 1. The molecule has 1 aromatic heterocycles. The highest BCUT2D eigenvalue weighted by Crippen LogP contribution is 2.37. The van der Waals surface area contributed by atoms with Crippen LogP contribution in [-0.2, 0) is 13.0 Å². The Hall–Kier alpha value is -3.55. The van der Waals surface area contributed by atoms with Crippen LogP contribution in [0.25, 0.3) is 22.4 Å². The first-order valence-corrected chi connectivity index (χ1v) is 10.8. The maximum Gasteiger partial charge on any atom is 0.281 e. The summed E-state index contributed by atoms with van der Waals surface area (Å²) in [4.78, 5) is 28.7. The van der Waals surface area contributed by atoms with Crippen molar-refractivity contribution in [1.82, 2.24) is 9.55 Å². The van der Waals surface area contributed by atoms with Crippen molar-refractivity contribution in [3.8, 4) is 11.4 Å². The lowest BCUT2D eigenvalue weighted by molar-refractivity contribution is -0.384. The highest BCUT2D eigenvalue weighted by molar-refractivity contribution is 6.33. The van der Waals surface area contributed by atoms with Gasteiger partial charge in [-0.25, -0.2) is 4.98 Å². The number of carbonyl (C=O) groups excluding carboxylic acids is 1. The summed E-state index contributed by atoms with van der Waals surface area (Å²) < 4.78 is 1.66. The van der Waals surface area contributed by atoms with E-state index in [4.69, 9.17) is 11.6 Å². The fourth-order valence-electron chi connectivity index (χ4n) is 3.90. The van der Waals surface area contributed by atoms with Crippen LogP contribution in [-0.4, -0.2) is 32.0 Å². The Labute approximate surface area is 195 Å². The first kappa shape index (κ1) is 22.6. The van der Waals surface area contributed by atoms with Crippen LogP contribution in [0.15, 0.2) is 54.6 Å². The third kappa shape index (κ3) is 4.37. The number of nitro groups is 1. The zero-order valence-electron chi connectivity index (χ0n) is 18.2. The van der Waals surface area contributed by atoms with Gasteiger partial charge in [-0.1, -0.05) is 35.9 Å². The van der Waals surface area contributed by atoms with Crippen LogP contribution >= 0.6 is 11.6 Å². The van der Waals surface area contributed by atoms with Gasteiger partial charge < -0.3 is 9.67 Å². The van der Waals surface area contributed by atoms with Gasteiger partial charge in [0.05, 0.1) is 27.6 Å². The highest BCUT2D eigenvalue weighted by Gasteiger charge is 2.24. The molecule has 168 valence electrons. The van der Waals surface area contributed by atoms with Crippen molar-refractivity contribution in [2.24, 2.45) is 0 Å². The van der Waals surface area contributed by atoms with Crippen molar-refractivity contribution in [2.45, 2.75) is 26.8 Å². The number of ketones is 1. The molecule has 0 spiro atoms. The molecule has 7 nitrogen and oxygen atoms in total. The third-order valence-electron chi connectivity index (χ3n) is 5.74. The van der Waals surface area contributed by atoms with Crippen molar-refractivity contribution in [2.75, 3.05) is 6.61 Å². The van der Waals surface area contributed by atoms with Gasteiger partial charge in [-0.3, -0.25) is 14.9 Å². The number of nitrogens with zero attached hydrogens (tertiary/aromatic N) is 3. The largest absolute Gasteiger partial charge is 0.395 e. The fraction of sp³-hybridized carbons (Fsp3) is 0.200. The number of halogens is 1. The number of aromatic nitrogens is 2. The van der Waals surface area contributed by atoms with Gasteiger partial charge in [-0.15, -0.1) is 0 Å². The number of imidazole rings is 1. The Morgan fingerprint density at radius 3 is 2.61 bits per heavy atom. The molecule has 0 unspecified atom stereocenters. The second-order valence-electron chi connectivity index (χ2n) is 7.92. The minimum Gasteiger partial charge on any atom is -0.395 e. The molecule has 1 heterocycles. The SMILES string of the molecule is Cc1ccc(CC(=O)c2ccc3nc(-c4c(Cl)cccc4[N+](=O)[O-])n(CCO)c3c2)cc1C. The molecule has 0 radical (unpaired) electrons. The van der Waals surface area contributed by atoms with E-state index in [-0.39, 0.29) is 47.5 Å². The molecular weight excluding hydrogens is 442 g/mol. The summed E-state index contributed by atoms with van der Waals surface area (Å²) in [6.45, 7) is 3.97. The monoisotopic (exact) mass is 463 g/mol. The standard InChI is InChI=1S/C25H22ClN3O4/c1-15-6-7-17(12-16(15)2)13-23(31)18-8-9-20-22(14-18)28(10-11-30)25(27-20)24-19(26)4-3-5-21(24)29(32)33/h3-9,12,14,30H,10-11,13H2,1-2H3. The molecule has 0 aliphatic rings. The van der Waals surface area contributed by atoms with Crippen molar-refractivity contribution in [3.63, 3.8) is 0 Å². The molecule has 0 atom stereocenters. The van der Waals surface area contributed by atoms with E-state index in [2.05, 4.69) is 4.98 Å². The zero-order valence-corrected chi connectivity index (χ0v) is 19.0. The van der Waals surface area contributed by atoms with Gasteiger partial charge >= 0.3 is 0 Å². The average molecular weight is 464 g/mol. The van der Waals surface area contributed by atoms with Gasteiger partial charge in [0.25, 0.3) is 5.69 Å². The molecule has 0 aliphatic heterocycles. The Kier molecular flexibility index (Phi) is 6.26. The molecule has 33 heavy (non-hydrogen) atoms. The Morgan fingerprint density at radius 2 is 1.91 bits per heavy atom. The molecule has 1 N–H and O–H groups in total. The number of benzene rings is 3. The summed E-state index contributed by atoms with van der Waals surface area (Å²) in [6.07, 6.45) is 0.254. The molecule has 0 bridgehead atoms. The fourth-order valence-corrected chi connectivity index (χ4v) is 4.15. The maximum atomic E-state index is 13.0. The van der Waals surface area contributed by atoms with Crippen LogP contribution in [0.5, 0.6) is 0 Å². The topological polar surface area (TPSA) is 98.3 Å². The molecule has 4 aromatic rings. The van der Waals surface area contributed by atoms with Gasteiger partial charge in [-0.05, 0) is 54.8 Å². The maximum absolute atomic E-state index is 13.0. The first-order chi connectivity index (χ1) is 15.8. The van der Waals surface area contributed by atoms with E-state index < -0.39 is 4.92 Å². The number of nitro benzene ring substituents is 1. The quantitative estimate of drug-likeness (QED) is 0.228. The number of hydrogen-bond donors (Lipinski definition) is 1. The van der Waals surface area contributed by atoms with E-state index in [1.807, 2.05) is 32.0 Å². The summed E-state index contributed by atoms with van der Waals surface area (Å²) in [5, 5.41) is 21.5. The average Bonchev–Trinajstić information content (AvgIpc) is 3.13. The smallest absolute Gasteiger partial charge is 0.281 e. The number of aliphatic hydroxyl groups is 1. The van der Waals surface area contributed by atoms with Gasteiger partial charge in [0.15, 0.2) is 5.78 Å². The van der Waals surface area contributed by atoms with Crippen molar-refractivity contribution < 1.29 is 14.8 Å². The van der Waals surface area contributed by atoms with Crippen LogP contribution in [0, 0.1) is 24.0 Å². The summed E-state index contributed by atoms with van der Waals surface area (Å²) in [5.74, 6) is 0.220. The number of hydrogen-bond acceptors (Lipinski definition) is 5. The normalized spacial score (nSPS) is 11.2. The molecule has 4 rings (SSSR count). The van der Waals surface area contributed by atoms with Crippen molar-refractivity contribution in [1.29, 1.82) is 0 Å². The highest BCUT2D eigenvalue weighted by atomic mass is 35.5. The van der Waals surface area contributed by atoms with Crippen LogP contribution in [0.1, 0.15) is 27.0 Å². The summed E-state index contributed by atoms with van der Waals surface area (Å²) in [6, 6.07) is 15.5. The summed E-state index contributed by atoms with van der Waals surface area (Å²) >= 11 is 6.33. The Bertz CT molecular complexity index is 1390. The van der Waals surface area contributed by atoms with E-state index in [0.717, 1.165) is 11.1 Å². The molecule has 0 saturated carbocycles. The number of aryl methyl sites for hydroxylation is 2. The van der Waals surface area contributed by atoms with E-state index in [0.29, 0.717) is 16.6 Å². The molecule has 3 aromatic carbocycles. The number of aliphatic hydroxyl groups excluding tert-OH is 1.